The van der Waals surface area contributed by atoms with Gasteiger partial charge in [-0.15, -0.1) is 0 Å². The number of rotatable bonds is 3. The fraction of sp³-hybridized carbons (Fsp3) is 0.857. The Morgan fingerprint density at radius 2 is 2.25 bits per heavy atom. The molecule has 0 bridgehead atoms. The van der Waals surface area contributed by atoms with Crippen molar-refractivity contribution in [2.75, 3.05) is 18.8 Å². The molecule has 1 saturated carbocycles. The normalized spacial score (nSPS) is 34.0. The van der Waals surface area contributed by atoms with Crippen LogP contribution in [0.25, 0.3) is 0 Å². The van der Waals surface area contributed by atoms with Crippen LogP contribution < -0.4 is 5.32 Å². The Morgan fingerprint density at radius 3 is 2.90 bits per heavy atom. The van der Waals surface area contributed by atoms with Gasteiger partial charge >= 0.3 is 12.0 Å². The molecule has 2 aliphatic rings. The van der Waals surface area contributed by atoms with Crippen LogP contribution in [0.2, 0.25) is 0 Å². The van der Waals surface area contributed by atoms with Gasteiger partial charge in [-0.25, -0.2) is 4.79 Å². The molecule has 2 amide bonds. The fourth-order valence-electron chi connectivity index (χ4n) is 3.04. The summed E-state index contributed by atoms with van der Waals surface area (Å²) in [6, 6.07) is -0.342. The van der Waals surface area contributed by atoms with Gasteiger partial charge in [-0.2, -0.15) is 11.8 Å². The number of aliphatic carboxylic acids is 1. The van der Waals surface area contributed by atoms with Gasteiger partial charge < -0.3 is 15.3 Å². The van der Waals surface area contributed by atoms with E-state index in [-0.39, 0.29) is 12.1 Å². The highest BCUT2D eigenvalue weighted by atomic mass is 32.2. The number of hydrogen-bond donors (Lipinski definition) is 2. The first-order valence-electron chi connectivity index (χ1n) is 7.38. The molecule has 6 heteroatoms. The second-order valence-electron chi connectivity index (χ2n) is 5.96. The highest BCUT2D eigenvalue weighted by Gasteiger charge is 2.46. The van der Waals surface area contributed by atoms with Gasteiger partial charge in [0.05, 0.1) is 5.41 Å². The lowest BCUT2D eigenvalue weighted by molar-refractivity contribution is -0.148. The lowest BCUT2D eigenvalue weighted by atomic mass is 9.85. The van der Waals surface area contributed by atoms with Crippen molar-refractivity contribution in [3.8, 4) is 0 Å². The highest BCUT2D eigenvalue weighted by molar-refractivity contribution is 8.00. The topological polar surface area (TPSA) is 69.6 Å². The Hall–Kier alpha value is -0.910. The summed E-state index contributed by atoms with van der Waals surface area (Å²) in [6.45, 7) is 5.40. The number of carbonyl (C=O) groups is 2. The maximum absolute atomic E-state index is 12.3. The monoisotopic (exact) mass is 300 g/mol. The second-order valence-corrected chi connectivity index (χ2v) is 7.37. The first kappa shape index (κ1) is 15.5. The predicted molar refractivity (Wildman–Crippen MR) is 80.0 cm³/mol. The Labute approximate surface area is 124 Å². The molecule has 1 aliphatic carbocycles. The van der Waals surface area contributed by atoms with E-state index in [1.165, 1.54) is 0 Å². The lowest BCUT2D eigenvalue weighted by Gasteiger charge is -2.35. The van der Waals surface area contributed by atoms with E-state index in [0.717, 1.165) is 38.1 Å². The smallest absolute Gasteiger partial charge is 0.317 e. The van der Waals surface area contributed by atoms with Crippen LogP contribution in [-0.2, 0) is 4.79 Å². The van der Waals surface area contributed by atoms with Crippen LogP contribution in [0.1, 0.15) is 39.5 Å². The van der Waals surface area contributed by atoms with Crippen LogP contribution in [0.4, 0.5) is 4.79 Å². The van der Waals surface area contributed by atoms with E-state index in [4.69, 9.17) is 0 Å². The largest absolute Gasteiger partial charge is 0.481 e. The van der Waals surface area contributed by atoms with Crippen molar-refractivity contribution >= 4 is 23.8 Å². The molecular weight excluding hydrogens is 276 g/mol. The third-order valence-corrected chi connectivity index (χ3v) is 6.00. The maximum atomic E-state index is 12.3. The minimum atomic E-state index is -0.815. The average molecular weight is 300 g/mol. The van der Waals surface area contributed by atoms with Crippen molar-refractivity contribution in [2.24, 2.45) is 5.41 Å². The van der Waals surface area contributed by atoms with E-state index in [2.05, 4.69) is 12.2 Å². The summed E-state index contributed by atoms with van der Waals surface area (Å²) >= 11 is 1.92. The van der Waals surface area contributed by atoms with Gasteiger partial charge in [-0.3, -0.25) is 4.79 Å². The molecule has 2 rings (SSSR count). The maximum Gasteiger partial charge on any atom is 0.317 e. The van der Waals surface area contributed by atoms with Gasteiger partial charge in [0.25, 0.3) is 0 Å². The second kappa shape index (κ2) is 6.24. The van der Waals surface area contributed by atoms with Gasteiger partial charge in [0.2, 0.25) is 0 Å². The Kier molecular flexibility index (Phi) is 4.83. The molecular formula is C14H24N2O3S. The van der Waals surface area contributed by atoms with Crippen LogP contribution in [0.5, 0.6) is 0 Å². The summed E-state index contributed by atoms with van der Waals surface area (Å²) in [5.74, 6) is 0.160. The van der Waals surface area contributed by atoms with Gasteiger partial charge in [-0.1, -0.05) is 13.3 Å². The molecule has 1 heterocycles. The Balaban J connectivity index is 1.95. The molecule has 3 atom stereocenters. The molecule has 0 aromatic heterocycles. The summed E-state index contributed by atoms with van der Waals surface area (Å²) in [5.41, 5.74) is -0.815. The number of thioether (sulfide) groups is 1. The minimum Gasteiger partial charge on any atom is -0.481 e. The van der Waals surface area contributed by atoms with E-state index in [0.29, 0.717) is 11.7 Å². The number of nitrogens with zero attached hydrogens (tertiary/aromatic N) is 1. The molecule has 0 aromatic carbocycles. The zero-order valence-corrected chi connectivity index (χ0v) is 13.0. The minimum absolute atomic E-state index is 0.0943. The summed E-state index contributed by atoms with van der Waals surface area (Å²) in [4.78, 5) is 25.6. The number of urea groups is 1. The van der Waals surface area contributed by atoms with Crippen molar-refractivity contribution < 1.29 is 14.7 Å². The van der Waals surface area contributed by atoms with Gasteiger partial charge in [0, 0.05) is 30.1 Å². The summed E-state index contributed by atoms with van der Waals surface area (Å²) < 4.78 is 0. The number of carbonyl (C=O) groups excluding carboxylic acids is 1. The number of amides is 2. The molecule has 20 heavy (non-hydrogen) atoms. The average Bonchev–Trinajstić information content (AvgIpc) is 2.81. The Morgan fingerprint density at radius 1 is 1.50 bits per heavy atom. The van der Waals surface area contributed by atoms with Crippen LogP contribution in [0.3, 0.4) is 0 Å². The first-order chi connectivity index (χ1) is 9.47. The third kappa shape index (κ3) is 3.05. The van der Waals surface area contributed by atoms with Crippen molar-refractivity contribution in [3.05, 3.63) is 0 Å². The summed E-state index contributed by atoms with van der Waals surface area (Å²) in [5, 5.41) is 12.8. The molecule has 114 valence electrons. The van der Waals surface area contributed by atoms with Crippen molar-refractivity contribution in [3.63, 3.8) is 0 Å². The van der Waals surface area contributed by atoms with Crippen molar-refractivity contribution in [1.82, 2.24) is 10.2 Å². The molecule has 5 nitrogen and oxygen atoms in total. The number of nitrogens with one attached hydrogen (secondary N) is 1. The molecule has 3 unspecified atom stereocenters. The standard InChI is InChI=1S/C14H24N2O3S/c1-3-10-9-16(7-8-20-10)13(19)15-11-5-4-6-14(11,2)12(17)18/h10-11H,3-9H2,1-2H3,(H,15,19)(H,17,18). The first-order valence-corrected chi connectivity index (χ1v) is 8.42. The van der Waals surface area contributed by atoms with Crippen LogP contribution in [0.15, 0.2) is 0 Å². The predicted octanol–water partition coefficient (Wildman–Crippen LogP) is 2.17. The van der Waals surface area contributed by atoms with Crippen LogP contribution in [-0.4, -0.2) is 52.1 Å². The van der Waals surface area contributed by atoms with Crippen molar-refractivity contribution in [1.29, 1.82) is 0 Å². The molecule has 1 saturated heterocycles. The zero-order valence-electron chi connectivity index (χ0n) is 12.2. The highest BCUT2D eigenvalue weighted by Crippen LogP contribution is 2.38. The SMILES string of the molecule is CCC1CN(C(=O)NC2CCCC2(C)C(=O)O)CCS1. The van der Waals surface area contributed by atoms with Gasteiger partial charge in [0.1, 0.15) is 0 Å². The molecule has 0 aromatic rings. The Bertz CT molecular complexity index is 391. The number of hydrogen-bond acceptors (Lipinski definition) is 3. The molecule has 2 fully saturated rings. The number of carboxylic acid groups (broad SMARTS) is 1. The lowest BCUT2D eigenvalue weighted by Crippen LogP contribution is -2.53. The fourth-order valence-corrected chi connectivity index (χ4v) is 4.22. The molecule has 0 spiro atoms. The third-order valence-electron chi connectivity index (χ3n) is 4.63. The van der Waals surface area contributed by atoms with E-state index in [9.17, 15) is 14.7 Å². The van der Waals surface area contributed by atoms with E-state index in [1.807, 2.05) is 16.7 Å². The van der Waals surface area contributed by atoms with Gasteiger partial charge in [-0.05, 0) is 26.2 Å². The number of carboxylic acids is 1. The molecule has 2 N–H and O–H groups in total. The van der Waals surface area contributed by atoms with E-state index in [1.54, 1.807) is 6.92 Å². The van der Waals surface area contributed by atoms with Crippen LogP contribution >= 0.6 is 11.8 Å². The van der Waals surface area contributed by atoms with E-state index >= 15 is 0 Å². The van der Waals surface area contributed by atoms with Crippen LogP contribution in [0, 0.1) is 5.41 Å². The molecule has 0 radical (unpaired) electrons. The van der Waals surface area contributed by atoms with Gasteiger partial charge in [0.15, 0.2) is 0 Å². The zero-order chi connectivity index (χ0) is 14.8. The summed E-state index contributed by atoms with van der Waals surface area (Å²) in [7, 11) is 0. The summed E-state index contributed by atoms with van der Waals surface area (Å²) in [6.07, 6.45) is 3.32. The van der Waals surface area contributed by atoms with E-state index < -0.39 is 11.4 Å². The quantitative estimate of drug-likeness (QED) is 0.838. The molecule has 1 aliphatic heterocycles. The van der Waals surface area contributed by atoms with Crippen molar-refractivity contribution in [2.45, 2.75) is 50.8 Å².